The maximum atomic E-state index is 10.8. The van der Waals surface area contributed by atoms with Crippen LogP contribution in [-0.4, -0.2) is 16.1 Å². The molecule has 0 saturated heterocycles. The minimum Gasteiger partial charge on any atom is -0.769 e. The monoisotopic (exact) mass is 332 g/mol. The van der Waals surface area contributed by atoms with Crippen LogP contribution in [0, 0.1) is 16.3 Å². The molecule has 0 aliphatic heterocycles. The van der Waals surface area contributed by atoms with Crippen LogP contribution in [0.2, 0.25) is 0 Å². The highest BCUT2D eigenvalue weighted by atomic mass is 16.8. The molecule has 8 nitrogen and oxygen atoms in total. The lowest BCUT2D eigenvalue weighted by atomic mass is 9.84. The number of benzene rings is 1. The standard InChI is InChI=1S/C16H20N4O4/c1-10(2)13-6-4-11(3)8-15(13)18-17-14-7-5-12(19(21)22)9-16(14)20(23)24/h5,7-9,13,17,23-24H,1,4,6H2,2-3H3/q-2. The predicted octanol–water partition coefficient (Wildman–Crippen LogP) is 3.77. The Labute approximate surface area is 140 Å². The van der Waals surface area contributed by atoms with Crippen molar-refractivity contribution in [1.82, 2.24) is 0 Å². The van der Waals surface area contributed by atoms with Crippen molar-refractivity contribution in [1.29, 1.82) is 0 Å². The summed E-state index contributed by atoms with van der Waals surface area (Å²) in [5, 5.41) is 43.7. The molecule has 1 unspecified atom stereocenters. The van der Waals surface area contributed by atoms with Gasteiger partial charge in [0.2, 0.25) is 0 Å². The summed E-state index contributed by atoms with van der Waals surface area (Å²) in [5.41, 5.74) is 5.54. The second-order valence-corrected chi connectivity index (χ2v) is 5.82. The molecule has 3 N–H and O–H groups in total. The topological polar surface area (TPSA) is 117 Å². The first kappa shape index (κ1) is 18.0. The predicted molar refractivity (Wildman–Crippen MR) is 94.1 cm³/mol. The minimum absolute atomic E-state index is 0.113. The molecule has 0 saturated carbocycles. The second kappa shape index (κ2) is 7.45. The fourth-order valence-electron chi connectivity index (χ4n) is 2.57. The number of nitrogens with one attached hydrogen (secondary N) is 1. The third-order valence-electron chi connectivity index (χ3n) is 3.89. The first-order chi connectivity index (χ1) is 11.3. The third-order valence-corrected chi connectivity index (χ3v) is 3.89. The molecule has 0 bridgehead atoms. The van der Waals surface area contributed by atoms with E-state index in [0.29, 0.717) is 0 Å². The van der Waals surface area contributed by atoms with Crippen LogP contribution in [0.1, 0.15) is 26.7 Å². The lowest BCUT2D eigenvalue weighted by Crippen LogP contribution is -2.20. The van der Waals surface area contributed by atoms with E-state index in [1.807, 2.05) is 19.9 Å². The quantitative estimate of drug-likeness (QED) is 0.555. The molecule has 0 heterocycles. The molecule has 0 aromatic heterocycles. The fourth-order valence-corrected chi connectivity index (χ4v) is 2.57. The number of hydrogen-bond acceptors (Lipinski definition) is 8. The maximum absolute atomic E-state index is 10.8. The zero-order valence-electron chi connectivity index (χ0n) is 13.6. The normalized spacial score (nSPS) is 19.0. The third kappa shape index (κ3) is 4.12. The number of rotatable bonds is 5. The highest BCUT2D eigenvalue weighted by Crippen LogP contribution is 2.31. The van der Waals surface area contributed by atoms with Crippen LogP contribution in [0.15, 0.2) is 47.1 Å². The van der Waals surface area contributed by atoms with Gasteiger partial charge in [0.15, 0.2) is 0 Å². The Bertz CT molecular complexity index is 683. The molecule has 0 spiro atoms. The molecule has 1 aliphatic rings. The molecule has 1 aliphatic carbocycles. The molecule has 8 heteroatoms. The van der Waals surface area contributed by atoms with Crippen molar-refractivity contribution in [2.24, 2.45) is 11.0 Å². The molecule has 1 aromatic rings. The van der Waals surface area contributed by atoms with Crippen LogP contribution in [0.3, 0.4) is 0 Å². The highest BCUT2D eigenvalue weighted by molar-refractivity contribution is 6.00. The number of nitrogens with zero attached hydrogens (tertiary/aromatic N) is 3. The van der Waals surface area contributed by atoms with E-state index in [1.54, 1.807) is 0 Å². The summed E-state index contributed by atoms with van der Waals surface area (Å²) in [5.74, 6) is 0.113. The smallest absolute Gasteiger partial charge is 0.121 e. The fraction of sp³-hybridized carbons (Fsp3) is 0.312. The molecule has 1 atom stereocenters. The first-order valence-corrected chi connectivity index (χ1v) is 7.42. The zero-order valence-corrected chi connectivity index (χ0v) is 13.6. The van der Waals surface area contributed by atoms with Gasteiger partial charge in [0.25, 0.3) is 0 Å². The summed E-state index contributed by atoms with van der Waals surface area (Å²) in [6.07, 6.45) is 3.86. The molecule has 1 aromatic carbocycles. The van der Waals surface area contributed by atoms with Crippen LogP contribution in [0.5, 0.6) is 0 Å². The molecule has 2 rings (SSSR count). The average Bonchev–Trinajstić information content (AvgIpc) is 2.52. The molecule has 24 heavy (non-hydrogen) atoms. The summed E-state index contributed by atoms with van der Waals surface area (Å²) in [4.78, 5) is 0. The summed E-state index contributed by atoms with van der Waals surface area (Å²) in [7, 11) is 0. The van der Waals surface area contributed by atoms with E-state index in [-0.39, 0.29) is 28.2 Å². The van der Waals surface area contributed by atoms with E-state index in [2.05, 4.69) is 17.1 Å². The van der Waals surface area contributed by atoms with E-state index >= 15 is 0 Å². The summed E-state index contributed by atoms with van der Waals surface area (Å²) in [6, 6.07) is 3.67. The Morgan fingerprint density at radius 2 is 2.08 bits per heavy atom. The zero-order chi connectivity index (χ0) is 17.9. The Balaban J connectivity index is 2.32. The number of hydrazone groups is 1. The molecule has 130 valence electrons. The van der Waals surface area contributed by atoms with Crippen LogP contribution in [0.25, 0.3) is 0 Å². The van der Waals surface area contributed by atoms with E-state index in [1.165, 1.54) is 17.7 Å². The SMILES string of the molecule is C=C(C)C1CCC(C)=CC1=NNc1ccc(N([O-])[O-])cc1N(O)O. The van der Waals surface area contributed by atoms with Gasteiger partial charge in [-0.3, -0.25) is 15.8 Å². The second-order valence-electron chi connectivity index (χ2n) is 5.82. The Hall–Kier alpha value is -2.39. The van der Waals surface area contributed by atoms with Crippen molar-refractivity contribution in [3.63, 3.8) is 0 Å². The largest absolute Gasteiger partial charge is 0.769 e. The van der Waals surface area contributed by atoms with Gasteiger partial charge in [-0.2, -0.15) is 5.10 Å². The van der Waals surface area contributed by atoms with Gasteiger partial charge in [-0.15, -0.1) is 5.23 Å². The average molecular weight is 332 g/mol. The summed E-state index contributed by atoms with van der Waals surface area (Å²) >= 11 is 0. The van der Waals surface area contributed by atoms with Gasteiger partial charge in [-0.25, -0.2) is 0 Å². The van der Waals surface area contributed by atoms with Crippen LogP contribution in [-0.2, 0) is 0 Å². The molecular formula is C16H20N4O4-2. The van der Waals surface area contributed by atoms with E-state index in [0.717, 1.165) is 30.2 Å². The minimum atomic E-state index is -0.618. The van der Waals surface area contributed by atoms with Gasteiger partial charge in [0, 0.05) is 11.6 Å². The molecule has 0 amide bonds. The van der Waals surface area contributed by atoms with Gasteiger partial charge in [-0.1, -0.05) is 17.7 Å². The van der Waals surface area contributed by atoms with Gasteiger partial charge in [-0.05, 0) is 51.0 Å². The van der Waals surface area contributed by atoms with Gasteiger partial charge < -0.3 is 15.6 Å². The summed E-state index contributed by atoms with van der Waals surface area (Å²) in [6.45, 7) is 7.94. The van der Waals surface area contributed by atoms with Crippen LogP contribution < -0.4 is 15.9 Å². The Kier molecular flexibility index (Phi) is 5.58. The van der Waals surface area contributed by atoms with Crippen molar-refractivity contribution < 1.29 is 10.4 Å². The maximum Gasteiger partial charge on any atom is 0.121 e. The highest BCUT2D eigenvalue weighted by Gasteiger charge is 2.20. The van der Waals surface area contributed by atoms with Crippen LogP contribution in [0.4, 0.5) is 17.1 Å². The van der Waals surface area contributed by atoms with Gasteiger partial charge >= 0.3 is 0 Å². The molecule has 0 radical (unpaired) electrons. The Morgan fingerprint density at radius 3 is 2.67 bits per heavy atom. The lowest BCUT2D eigenvalue weighted by Gasteiger charge is -2.37. The van der Waals surface area contributed by atoms with Crippen molar-refractivity contribution in [2.45, 2.75) is 26.7 Å². The number of anilines is 3. The first-order valence-electron chi connectivity index (χ1n) is 7.42. The van der Waals surface area contributed by atoms with Crippen LogP contribution >= 0.6 is 0 Å². The molecule has 0 fully saturated rings. The number of hydrogen-bond donors (Lipinski definition) is 3. The van der Waals surface area contributed by atoms with Gasteiger partial charge in [0.05, 0.1) is 11.4 Å². The Morgan fingerprint density at radius 1 is 1.38 bits per heavy atom. The lowest BCUT2D eigenvalue weighted by molar-refractivity contribution is 0.0295. The van der Waals surface area contributed by atoms with Crippen molar-refractivity contribution in [3.8, 4) is 0 Å². The molecular weight excluding hydrogens is 312 g/mol. The van der Waals surface area contributed by atoms with Crippen molar-refractivity contribution >= 4 is 22.8 Å². The van der Waals surface area contributed by atoms with Gasteiger partial charge in [0.1, 0.15) is 5.69 Å². The summed E-state index contributed by atoms with van der Waals surface area (Å²) < 4.78 is 0. The van der Waals surface area contributed by atoms with E-state index in [4.69, 9.17) is 0 Å². The van der Waals surface area contributed by atoms with Crippen molar-refractivity contribution in [3.05, 3.63) is 52.4 Å². The van der Waals surface area contributed by atoms with E-state index < -0.39 is 5.23 Å². The van der Waals surface area contributed by atoms with E-state index in [9.17, 15) is 20.8 Å². The number of allylic oxidation sites excluding steroid dienone is 3. The van der Waals surface area contributed by atoms with Crippen molar-refractivity contribution in [2.75, 3.05) is 15.9 Å².